The van der Waals surface area contributed by atoms with Gasteiger partial charge in [0, 0.05) is 11.8 Å². The Balaban J connectivity index is 1.66. The lowest BCUT2D eigenvalue weighted by Crippen LogP contribution is -2.00. The van der Waals surface area contributed by atoms with Gasteiger partial charge >= 0.3 is 0 Å². The second-order valence-corrected chi connectivity index (χ2v) is 4.54. The van der Waals surface area contributed by atoms with Crippen molar-refractivity contribution in [2.24, 2.45) is 0 Å². The van der Waals surface area contributed by atoms with Crippen molar-refractivity contribution in [2.45, 2.75) is 18.9 Å². The van der Waals surface area contributed by atoms with Gasteiger partial charge in [-0.2, -0.15) is 0 Å². The van der Waals surface area contributed by atoms with Crippen molar-refractivity contribution >= 4 is 0 Å². The highest BCUT2D eigenvalue weighted by atomic mass is 16.6. The Bertz CT molecular complexity index is 527. The lowest BCUT2D eigenvalue weighted by Gasteiger charge is -2.10. The Morgan fingerprint density at radius 2 is 2.16 bits per heavy atom. The fraction of sp³-hybridized carbons (Fsp3) is 0.333. The van der Waals surface area contributed by atoms with Gasteiger partial charge in [-0.25, -0.2) is 9.97 Å². The van der Waals surface area contributed by atoms with Crippen molar-refractivity contribution in [1.29, 1.82) is 0 Å². The fourth-order valence-electron chi connectivity index (χ4n) is 1.98. The predicted molar refractivity (Wildman–Crippen MR) is 71.9 cm³/mol. The van der Waals surface area contributed by atoms with Gasteiger partial charge in [-0.1, -0.05) is 12.1 Å². The molecule has 0 saturated carbocycles. The molecule has 1 aliphatic heterocycles. The third kappa shape index (κ3) is 3.29. The summed E-state index contributed by atoms with van der Waals surface area (Å²) in [5.41, 5.74) is 1.89. The van der Waals surface area contributed by atoms with Crippen LogP contribution in [0.1, 0.15) is 12.8 Å². The molecule has 1 unspecified atom stereocenters. The molecule has 2 aromatic rings. The standard InChI is InChI=1S/C15H16N2O2/c1-2-6-15(18-9-3-4-12-10-19-12)13(5-1)14-7-8-16-11-17-14/h1-2,5-8,11-12H,3-4,9-10H2. The summed E-state index contributed by atoms with van der Waals surface area (Å²) in [6.07, 6.45) is 5.86. The van der Waals surface area contributed by atoms with E-state index in [0.29, 0.717) is 12.7 Å². The molecule has 0 radical (unpaired) electrons. The number of hydrogen-bond donors (Lipinski definition) is 0. The largest absolute Gasteiger partial charge is 0.493 e. The number of aromatic nitrogens is 2. The molecule has 0 bridgehead atoms. The summed E-state index contributed by atoms with van der Waals surface area (Å²) in [5.74, 6) is 0.873. The van der Waals surface area contributed by atoms with Crippen molar-refractivity contribution in [2.75, 3.05) is 13.2 Å². The quantitative estimate of drug-likeness (QED) is 0.589. The van der Waals surface area contributed by atoms with E-state index in [4.69, 9.17) is 9.47 Å². The summed E-state index contributed by atoms with van der Waals surface area (Å²) in [6, 6.07) is 9.85. The maximum Gasteiger partial charge on any atom is 0.128 e. The number of para-hydroxylation sites is 1. The van der Waals surface area contributed by atoms with Crippen LogP contribution in [0.15, 0.2) is 42.9 Å². The van der Waals surface area contributed by atoms with Crippen LogP contribution >= 0.6 is 0 Å². The first-order valence-corrected chi connectivity index (χ1v) is 6.53. The van der Waals surface area contributed by atoms with Crippen LogP contribution in [0.2, 0.25) is 0 Å². The fourth-order valence-corrected chi connectivity index (χ4v) is 1.98. The number of rotatable bonds is 6. The highest BCUT2D eigenvalue weighted by Crippen LogP contribution is 2.28. The van der Waals surface area contributed by atoms with Gasteiger partial charge in [0.2, 0.25) is 0 Å². The zero-order valence-corrected chi connectivity index (χ0v) is 10.7. The van der Waals surface area contributed by atoms with E-state index in [1.54, 1.807) is 12.5 Å². The first-order valence-electron chi connectivity index (χ1n) is 6.53. The van der Waals surface area contributed by atoms with Gasteiger partial charge in [-0.3, -0.25) is 0 Å². The zero-order chi connectivity index (χ0) is 12.9. The molecular weight excluding hydrogens is 240 g/mol. The number of ether oxygens (including phenoxy) is 2. The third-order valence-electron chi connectivity index (χ3n) is 3.08. The summed E-state index contributed by atoms with van der Waals surface area (Å²) in [7, 11) is 0. The molecule has 1 fully saturated rings. The maximum atomic E-state index is 5.85. The summed E-state index contributed by atoms with van der Waals surface area (Å²) >= 11 is 0. The second kappa shape index (κ2) is 5.80. The van der Waals surface area contributed by atoms with Crippen LogP contribution in [0.4, 0.5) is 0 Å². The Morgan fingerprint density at radius 1 is 1.26 bits per heavy atom. The van der Waals surface area contributed by atoms with E-state index in [0.717, 1.165) is 36.5 Å². The molecule has 0 N–H and O–H groups in total. The monoisotopic (exact) mass is 256 g/mol. The van der Waals surface area contributed by atoms with Gasteiger partial charge in [0.1, 0.15) is 12.1 Å². The normalized spacial score (nSPS) is 17.2. The van der Waals surface area contributed by atoms with E-state index < -0.39 is 0 Å². The molecule has 3 rings (SSSR count). The third-order valence-corrected chi connectivity index (χ3v) is 3.08. The Hall–Kier alpha value is -1.94. The minimum Gasteiger partial charge on any atom is -0.493 e. The molecule has 1 saturated heterocycles. The van der Waals surface area contributed by atoms with Crippen LogP contribution < -0.4 is 4.74 Å². The highest BCUT2D eigenvalue weighted by Gasteiger charge is 2.21. The molecule has 1 aromatic carbocycles. The summed E-state index contributed by atoms with van der Waals surface area (Å²) in [6.45, 7) is 1.62. The molecule has 1 atom stereocenters. The Morgan fingerprint density at radius 3 is 2.95 bits per heavy atom. The summed E-state index contributed by atoms with van der Waals surface area (Å²) < 4.78 is 11.0. The molecule has 4 heteroatoms. The van der Waals surface area contributed by atoms with E-state index in [1.807, 2.05) is 30.3 Å². The smallest absolute Gasteiger partial charge is 0.128 e. The lowest BCUT2D eigenvalue weighted by molar-refractivity contribution is 0.294. The van der Waals surface area contributed by atoms with Crippen LogP contribution in [0.25, 0.3) is 11.3 Å². The van der Waals surface area contributed by atoms with Crippen LogP contribution in [-0.2, 0) is 4.74 Å². The molecule has 2 heterocycles. The van der Waals surface area contributed by atoms with E-state index in [2.05, 4.69) is 9.97 Å². The first kappa shape index (κ1) is 12.1. The van der Waals surface area contributed by atoms with Gasteiger partial charge in [0.05, 0.1) is 25.0 Å². The van der Waals surface area contributed by atoms with Crippen LogP contribution in [-0.4, -0.2) is 29.3 Å². The minimum absolute atomic E-state index is 0.473. The number of epoxide rings is 1. The summed E-state index contributed by atoms with van der Waals surface area (Å²) in [5, 5.41) is 0. The number of hydrogen-bond acceptors (Lipinski definition) is 4. The average Bonchev–Trinajstić information content (AvgIpc) is 3.29. The van der Waals surface area contributed by atoms with Crippen LogP contribution in [0.3, 0.4) is 0 Å². The van der Waals surface area contributed by atoms with Gasteiger partial charge in [-0.05, 0) is 31.0 Å². The van der Waals surface area contributed by atoms with Gasteiger partial charge in [0.15, 0.2) is 0 Å². The molecule has 0 spiro atoms. The minimum atomic E-state index is 0.473. The van der Waals surface area contributed by atoms with Crippen molar-refractivity contribution in [1.82, 2.24) is 9.97 Å². The molecule has 4 nitrogen and oxygen atoms in total. The molecule has 19 heavy (non-hydrogen) atoms. The zero-order valence-electron chi connectivity index (χ0n) is 10.7. The van der Waals surface area contributed by atoms with E-state index in [9.17, 15) is 0 Å². The van der Waals surface area contributed by atoms with Crippen molar-refractivity contribution in [3.63, 3.8) is 0 Å². The van der Waals surface area contributed by atoms with Crippen molar-refractivity contribution in [3.05, 3.63) is 42.9 Å². The van der Waals surface area contributed by atoms with E-state index >= 15 is 0 Å². The lowest BCUT2D eigenvalue weighted by atomic mass is 10.1. The Kier molecular flexibility index (Phi) is 3.70. The van der Waals surface area contributed by atoms with Crippen LogP contribution in [0, 0.1) is 0 Å². The summed E-state index contributed by atoms with van der Waals surface area (Å²) in [4.78, 5) is 8.20. The topological polar surface area (TPSA) is 47.5 Å². The average molecular weight is 256 g/mol. The molecule has 0 aliphatic carbocycles. The van der Waals surface area contributed by atoms with Gasteiger partial charge < -0.3 is 9.47 Å². The second-order valence-electron chi connectivity index (χ2n) is 4.54. The van der Waals surface area contributed by atoms with Crippen molar-refractivity contribution < 1.29 is 9.47 Å². The van der Waals surface area contributed by atoms with Gasteiger partial charge in [0.25, 0.3) is 0 Å². The molecule has 98 valence electrons. The first-order chi connectivity index (χ1) is 9.43. The maximum absolute atomic E-state index is 5.85. The highest BCUT2D eigenvalue weighted by molar-refractivity contribution is 5.66. The number of benzene rings is 1. The van der Waals surface area contributed by atoms with E-state index in [-0.39, 0.29) is 0 Å². The SMILES string of the molecule is c1ccc(-c2ccncn2)c(OCCCC2CO2)c1. The molecule has 1 aromatic heterocycles. The number of nitrogens with zero attached hydrogens (tertiary/aromatic N) is 2. The molecule has 1 aliphatic rings. The molecular formula is C15H16N2O2. The Labute approximate surface area is 112 Å². The van der Waals surface area contributed by atoms with Crippen molar-refractivity contribution in [3.8, 4) is 17.0 Å². The van der Waals surface area contributed by atoms with Gasteiger partial charge in [-0.15, -0.1) is 0 Å². The van der Waals surface area contributed by atoms with E-state index in [1.165, 1.54) is 0 Å². The molecule has 0 amide bonds. The predicted octanol–water partition coefficient (Wildman–Crippen LogP) is 2.70. The van der Waals surface area contributed by atoms with Crippen LogP contribution in [0.5, 0.6) is 5.75 Å².